The molecule has 30 heavy (non-hydrogen) atoms. The first-order valence-corrected chi connectivity index (χ1v) is 11.8. The lowest BCUT2D eigenvalue weighted by Gasteiger charge is -2.48. The van der Waals surface area contributed by atoms with E-state index in [1.54, 1.807) is 6.20 Å². The Bertz CT molecular complexity index is 1000. The zero-order chi connectivity index (χ0) is 20.9. The van der Waals surface area contributed by atoms with E-state index in [0.717, 1.165) is 49.2 Å². The van der Waals surface area contributed by atoms with Crippen molar-refractivity contribution in [3.63, 3.8) is 0 Å². The number of ether oxygens (including phenoxy) is 1. The zero-order valence-corrected chi connectivity index (χ0v) is 18.4. The van der Waals surface area contributed by atoms with Crippen molar-refractivity contribution in [2.45, 2.75) is 58.3 Å². The number of carbonyl (C=O) groups is 2. The molecule has 3 aliphatic rings. The number of amides is 1. The molecule has 4 atom stereocenters. The molecule has 1 heterocycles. The summed E-state index contributed by atoms with van der Waals surface area (Å²) in [6.07, 6.45) is 7.89. The van der Waals surface area contributed by atoms with Gasteiger partial charge in [-0.3, -0.25) is 14.9 Å². The average molecular weight is 425 g/mol. The average Bonchev–Trinajstić information content (AvgIpc) is 3.28. The molecule has 1 amide bonds. The fourth-order valence-electron chi connectivity index (χ4n) is 6.14. The van der Waals surface area contributed by atoms with Gasteiger partial charge in [-0.2, -0.15) is 0 Å². The van der Waals surface area contributed by atoms with E-state index in [0.29, 0.717) is 28.7 Å². The molecule has 5 rings (SSSR count). The van der Waals surface area contributed by atoms with E-state index >= 15 is 0 Å². The van der Waals surface area contributed by atoms with Gasteiger partial charge in [0.1, 0.15) is 11.5 Å². The number of carbonyl (C=O) groups excluding carboxylic acids is 2. The first kappa shape index (κ1) is 19.7. The molecule has 6 heteroatoms. The summed E-state index contributed by atoms with van der Waals surface area (Å²) in [6.45, 7) is 4.15. The fraction of sp³-hybridized carbons (Fsp3) is 0.542. The normalized spacial score (nSPS) is 29.7. The first-order chi connectivity index (χ1) is 14.4. The summed E-state index contributed by atoms with van der Waals surface area (Å²) in [7, 11) is 0. The van der Waals surface area contributed by atoms with Crippen LogP contribution in [0.2, 0.25) is 0 Å². The van der Waals surface area contributed by atoms with Crippen molar-refractivity contribution < 1.29 is 14.3 Å². The van der Waals surface area contributed by atoms with E-state index < -0.39 is 0 Å². The fourth-order valence-corrected chi connectivity index (χ4v) is 6.82. The van der Waals surface area contributed by atoms with Gasteiger partial charge >= 0.3 is 0 Å². The number of hydrogen-bond donors (Lipinski definition) is 1. The Morgan fingerprint density at radius 3 is 2.97 bits per heavy atom. The van der Waals surface area contributed by atoms with Crippen LogP contribution in [-0.2, 0) is 16.0 Å². The number of aromatic nitrogens is 1. The third kappa shape index (κ3) is 3.35. The van der Waals surface area contributed by atoms with Crippen LogP contribution in [-0.4, -0.2) is 23.3 Å². The number of Topliss-reactive ketones (excluding diaryl/α,β-unsaturated/α-hetero) is 1. The maximum Gasteiger partial charge on any atom is 0.264 e. The molecule has 1 aromatic carbocycles. The van der Waals surface area contributed by atoms with Crippen molar-refractivity contribution >= 4 is 28.2 Å². The van der Waals surface area contributed by atoms with E-state index in [1.807, 2.05) is 13.0 Å². The SMILES string of the molecule is Cc1cnc(NC(=O)COc2ccc3c(c2)CC[C@@H]2[C@@H]3CC[C@]3(C)C(=O)CC[C@@H]23)s1. The quantitative estimate of drug-likeness (QED) is 0.758. The second-order valence-corrected chi connectivity index (χ2v) is 10.5. The Kier molecular flexibility index (Phi) is 4.92. The minimum Gasteiger partial charge on any atom is -0.484 e. The summed E-state index contributed by atoms with van der Waals surface area (Å²) in [4.78, 5) is 29.8. The third-order valence-corrected chi connectivity index (χ3v) is 8.47. The molecular weight excluding hydrogens is 396 g/mol. The highest BCUT2D eigenvalue weighted by Crippen LogP contribution is 2.59. The van der Waals surface area contributed by atoms with Crippen LogP contribution < -0.4 is 10.1 Å². The maximum atomic E-state index is 12.5. The second kappa shape index (κ2) is 7.49. The Morgan fingerprint density at radius 2 is 2.17 bits per heavy atom. The highest BCUT2D eigenvalue weighted by atomic mass is 32.1. The molecule has 2 saturated carbocycles. The molecule has 3 aliphatic carbocycles. The van der Waals surface area contributed by atoms with Crippen LogP contribution in [0.15, 0.2) is 24.4 Å². The number of ketones is 1. The van der Waals surface area contributed by atoms with Crippen molar-refractivity contribution in [2.75, 3.05) is 11.9 Å². The Morgan fingerprint density at radius 1 is 1.30 bits per heavy atom. The molecule has 0 aliphatic heterocycles. The number of fused-ring (bicyclic) bond motifs is 5. The molecule has 0 unspecified atom stereocenters. The highest BCUT2D eigenvalue weighted by molar-refractivity contribution is 7.15. The summed E-state index contributed by atoms with van der Waals surface area (Å²) in [5, 5.41) is 3.38. The van der Waals surface area contributed by atoms with Crippen LogP contribution in [0.25, 0.3) is 0 Å². The summed E-state index contributed by atoms with van der Waals surface area (Å²) >= 11 is 1.45. The van der Waals surface area contributed by atoms with E-state index in [9.17, 15) is 9.59 Å². The molecule has 158 valence electrons. The van der Waals surface area contributed by atoms with E-state index in [-0.39, 0.29) is 17.9 Å². The van der Waals surface area contributed by atoms with Gasteiger partial charge in [-0.1, -0.05) is 13.0 Å². The lowest BCUT2D eigenvalue weighted by molar-refractivity contribution is -0.129. The van der Waals surface area contributed by atoms with Gasteiger partial charge in [-0.05, 0) is 80.0 Å². The van der Waals surface area contributed by atoms with Crippen LogP contribution in [0.3, 0.4) is 0 Å². The van der Waals surface area contributed by atoms with Crippen LogP contribution >= 0.6 is 11.3 Å². The molecule has 2 fully saturated rings. The summed E-state index contributed by atoms with van der Waals surface area (Å²) in [6, 6.07) is 6.30. The molecule has 0 bridgehead atoms. The molecule has 1 N–H and O–H groups in total. The largest absolute Gasteiger partial charge is 0.484 e. The van der Waals surface area contributed by atoms with Crippen LogP contribution in [0.1, 0.15) is 60.9 Å². The van der Waals surface area contributed by atoms with Crippen LogP contribution in [0.5, 0.6) is 5.75 Å². The Labute approximate surface area is 181 Å². The Hall–Kier alpha value is -2.21. The molecule has 0 spiro atoms. The van der Waals surface area contributed by atoms with Crippen LogP contribution in [0.4, 0.5) is 5.13 Å². The summed E-state index contributed by atoms with van der Waals surface area (Å²) < 4.78 is 5.77. The van der Waals surface area contributed by atoms with Gasteiger partial charge in [0.2, 0.25) is 0 Å². The lowest BCUT2D eigenvalue weighted by Crippen LogP contribution is -2.42. The monoisotopic (exact) mass is 424 g/mol. The van der Waals surface area contributed by atoms with Crippen molar-refractivity contribution in [3.8, 4) is 5.75 Å². The third-order valence-electron chi connectivity index (χ3n) is 7.64. The number of anilines is 1. The number of benzene rings is 1. The predicted molar refractivity (Wildman–Crippen MR) is 117 cm³/mol. The number of rotatable bonds is 4. The standard InChI is InChI=1S/C24H28N2O3S/c1-14-12-25-23(30-14)26-22(28)13-29-16-4-6-17-15(11-16)3-5-19-18(17)9-10-24(2)20(19)7-8-21(24)27/h4,6,11-12,18-20H,3,5,7-10,13H2,1-2H3,(H,25,26,28)/t18-,19-,20+,24+/m1/s1. The number of nitrogens with zero attached hydrogens (tertiary/aromatic N) is 1. The van der Waals surface area contributed by atoms with E-state index in [2.05, 4.69) is 29.4 Å². The topological polar surface area (TPSA) is 68.3 Å². The van der Waals surface area contributed by atoms with Gasteiger partial charge in [-0.15, -0.1) is 11.3 Å². The second-order valence-electron chi connectivity index (χ2n) is 9.31. The van der Waals surface area contributed by atoms with Gasteiger partial charge in [0.15, 0.2) is 11.7 Å². The van der Waals surface area contributed by atoms with Crippen molar-refractivity contribution in [1.82, 2.24) is 4.98 Å². The van der Waals surface area contributed by atoms with Crippen molar-refractivity contribution in [2.24, 2.45) is 17.3 Å². The number of hydrogen-bond acceptors (Lipinski definition) is 5. The van der Waals surface area contributed by atoms with Gasteiger partial charge in [-0.25, -0.2) is 4.98 Å². The molecule has 1 aromatic heterocycles. The molecular formula is C24H28N2O3S. The smallest absolute Gasteiger partial charge is 0.264 e. The summed E-state index contributed by atoms with van der Waals surface area (Å²) in [5.74, 6) is 2.77. The number of thiazole rings is 1. The molecule has 0 saturated heterocycles. The van der Waals surface area contributed by atoms with Crippen LogP contribution in [0, 0.1) is 24.2 Å². The van der Waals surface area contributed by atoms with Gasteiger partial charge in [0.05, 0.1) is 0 Å². The lowest BCUT2D eigenvalue weighted by atomic mass is 9.55. The minimum atomic E-state index is -0.195. The minimum absolute atomic E-state index is 0.0218. The highest BCUT2D eigenvalue weighted by Gasteiger charge is 2.54. The molecule has 0 radical (unpaired) electrons. The van der Waals surface area contributed by atoms with Crippen molar-refractivity contribution in [1.29, 1.82) is 0 Å². The molecule has 2 aromatic rings. The van der Waals surface area contributed by atoms with Crippen molar-refractivity contribution in [3.05, 3.63) is 40.4 Å². The maximum absolute atomic E-state index is 12.5. The number of aryl methyl sites for hydroxylation is 2. The first-order valence-electron chi connectivity index (χ1n) is 11.0. The van der Waals surface area contributed by atoms with E-state index in [4.69, 9.17) is 4.74 Å². The van der Waals surface area contributed by atoms with E-state index in [1.165, 1.54) is 22.5 Å². The zero-order valence-electron chi connectivity index (χ0n) is 17.6. The molecule has 5 nitrogen and oxygen atoms in total. The number of nitrogens with one attached hydrogen (secondary N) is 1. The van der Waals surface area contributed by atoms with Gasteiger partial charge < -0.3 is 4.74 Å². The van der Waals surface area contributed by atoms with Gasteiger partial charge in [0.25, 0.3) is 5.91 Å². The predicted octanol–water partition coefficient (Wildman–Crippen LogP) is 4.89. The Balaban J connectivity index is 1.26. The summed E-state index contributed by atoms with van der Waals surface area (Å²) in [5.41, 5.74) is 2.70. The van der Waals surface area contributed by atoms with Gasteiger partial charge in [0, 0.05) is 22.9 Å².